The highest BCUT2D eigenvalue weighted by molar-refractivity contribution is 5.37. The van der Waals surface area contributed by atoms with Gasteiger partial charge in [0.2, 0.25) is 0 Å². The molecule has 0 bridgehead atoms. The number of hydrogen-bond donors (Lipinski definition) is 0. The van der Waals surface area contributed by atoms with Gasteiger partial charge in [0, 0.05) is 37.0 Å². The van der Waals surface area contributed by atoms with E-state index in [9.17, 15) is 0 Å². The molecule has 3 aromatic rings. The Hall–Kier alpha value is -2.21. The molecule has 3 aromatic heterocycles. The molecule has 4 rings (SSSR count). The van der Waals surface area contributed by atoms with Gasteiger partial charge in [-0.25, -0.2) is 0 Å². The van der Waals surface area contributed by atoms with Crippen molar-refractivity contribution < 1.29 is 0 Å². The summed E-state index contributed by atoms with van der Waals surface area (Å²) in [6.07, 6.45) is 8.61. The lowest BCUT2D eigenvalue weighted by Crippen LogP contribution is -2.34. The fraction of sp³-hybridized carbons (Fsp3) is 0.526. The molecular formula is C19H26N6. The Balaban J connectivity index is 1.49. The molecule has 0 spiro atoms. The molecule has 1 fully saturated rings. The summed E-state index contributed by atoms with van der Waals surface area (Å²) in [6.45, 7) is 9.64. The Bertz CT molecular complexity index is 856. The maximum absolute atomic E-state index is 4.53. The van der Waals surface area contributed by atoms with Crippen LogP contribution in [0.3, 0.4) is 0 Å². The number of aromatic nitrogens is 5. The van der Waals surface area contributed by atoms with E-state index in [1.54, 1.807) is 0 Å². The van der Waals surface area contributed by atoms with E-state index in [-0.39, 0.29) is 5.54 Å². The maximum Gasteiger partial charge on any atom is 0.160 e. The van der Waals surface area contributed by atoms with Crippen LogP contribution >= 0.6 is 0 Å². The number of hydrogen-bond acceptors (Lipinski definition) is 4. The third-order valence-electron chi connectivity index (χ3n) is 4.94. The number of likely N-dealkylation sites (tertiary alicyclic amines) is 1. The van der Waals surface area contributed by atoms with E-state index in [1.807, 2.05) is 24.4 Å². The predicted octanol–water partition coefficient (Wildman–Crippen LogP) is 3.06. The lowest BCUT2D eigenvalue weighted by molar-refractivity contribution is 0.196. The van der Waals surface area contributed by atoms with E-state index in [0.29, 0.717) is 5.92 Å². The van der Waals surface area contributed by atoms with Gasteiger partial charge in [0.25, 0.3) is 0 Å². The van der Waals surface area contributed by atoms with Crippen LogP contribution in [0.4, 0.5) is 0 Å². The van der Waals surface area contributed by atoms with Crippen molar-refractivity contribution >= 4 is 5.65 Å². The van der Waals surface area contributed by atoms with Gasteiger partial charge >= 0.3 is 0 Å². The summed E-state index contributed by atoms with van der Waals surface area (Å²) >= 11 is 0. The van der Waals surface area contributed by atoms with Gasteiger partial charge in [-0.1, -0.05) is 6.07 Å². The highest BCUT2D eigenvalue weighted by Crippen LogP contribution is 2.27. The lowest BCUT2D eigenvalue weighted by Gasteiger charge is -2.31. The number of piperidine rings is 1. The molecule has 1 saturated heterocycles. The summed E-state index contributed by atoms with van der Waals surface area (Å²) in [5.41, 5.74) is 2.24. The van der Waals surface area contributed by atoms with Crippen LogP contribution in [0.5, 0.6) is 0 Å². The fourth-order valence-corrected chi connectivity index (χ4v) is 3.61. The van der Waals surface area contributed by atoms with Crippen LogP contribution in [-0.4, -0.2) is 42.4 Å². The largest absolute Gasteiger partial charge is 0.298 e. The quantitative estimate of drug-likeness (QED) is 0.736. The van der Waals surface area contributed by atoms with Gasteiger partial charge in [0.15, 0.2) is 5.65 Å². The Morgan fingerprint density at radius 1 is 1.20 bits per heavy atom. The monoisotopic (exact) mass is 338 g/mol. The van der Waals surface area contributed by atoms with Crippen molar-refractivity contribution in [2.45, 2.75) is 51.6 Å². The lowest BCUT2D eigenvalue weighted by atomic mass is 9.97. The van der Waals surface area contributed by atoms with Gasteiger partial charge in [0.1, 0.15) is 5.82 Å². The molecule has 6 nitrogen and oxygen atoms in total. The zero-order valence-corrected chi connectivity index (χ0v) is 15.3. The molecule has 1 atom stereocenters. The summed E-state index contributed by atoms with van der Waals surface area (Å²) in [5.74, 6) is 1.52. The summed E-state index contributed by atoms with van der Waals surface area (Å²) in [6, 6.07) is 6.06. The Morgan fingerprint density at radius 2 is 2.08 bits per heavy atom. The molecule has 1 aliphatic heterocycles. The third kappa shape index (κ3) is 3.31. The zero-order valence-electron chi connectivity index (χ0n) is 15.3. The topological polar surface area (TPSA) is 51.2 Å². The first-order chi connectivity index (χ1) is 12.0. The first-order valence-corrected chi connectivity index (χ1v) is 9.07. The zero-order chi connectivity index (χ0) is 17.4. The minimum Gasteiger partial charge on any atom is -0.298 e. The third-order valence-corrected chi connectivity index (χ3v) is 4.94. The standard InChI is InChI=1S/C19H26N6/c1-19(2,3)25-13-15(11-20-25)12-23-9-6-7-16(14-23)18-22-21-17-8-4-5-10-24(17)18/h4-5,8,10-11,13,16H,6-7,9,12,14H2,1-3H3/t16-/m1/s1. The van der Waals surface area contributed by atoms with Gasteiger partial charge < -0.3 is 0 Å². The van der Waals surface area contributed by atoms with Crippen molar-refractivity contribution in [3.63, 3.8) is 0 Å². The number of rotatable bonds is 3. The molecule has 0 unspecified atom stereocenters. The molecule has 25 heavy (non-hydrogen) atoms. The Labute approximate surface area is 148 Å². The fourth-order valence-electron chi connectivity index (χ4n) is 3.61. The number of pyridine rings is 1. The van der Waals surface area contributed by atoms with Crippen LogP contribution in [0, 0.1) is 0 Å². The van der Waals surface area contributed by atoms with Gasteiger partial charge in [-0.3, -0.25) is 14.0 Å². The summed E-state index contributed by atoms with van der Waals surface area (Å²) in [7, 11) is 0. The van der Waals surface area contributed by atoms with Gasteiger partial charge in [0.05, 0.1) is 11.7 Å². The Morgan fingerprint density at radius 3 is 2.88 bits per heavy atom. The molecule has 0 aliphatic carbocycles. The normalized spacial score (nSPS) is 19.6. The van der Waals surface area contributed by atoms with E-state index in [4.69, 9.17) is 0 Å². The molecule has 0 radical (unpaired) electrons. The molecule has 6 heteroatoms. The van der Waals surface area contributed by atoms with Crippen LogP contribution in [0.1, 0.15) is 50.9 Å². The van der Waals surface area contributed by atoms with Crippen LogP contribution in [0.15, 0.2) is 36.8 Å². The SMILES string of the molecule is CC(C)(C)n1cc(CN2CCC[C@@H](c3nnc4ccccn34)C2)cn1. The molecule has 0 amide bonds. The van der Waals surface area contributed by atoms with E-state index in [2.05, 4.69) is 62.4 Å². The van der Waals surface area contributed by atoms with Crippen LogP contribution in [-0.2, 0) is 12.1 Å². The summed E-state index contributed by atoms with van der Waals surface area (Å²) < 4.78 is 4.18. The number of nitrogens with zero attached hydrogens (tertiary/aromatic N) is 6. The maximum atomic E-state index is 4.53. The average Bonchev–Trinajstić information content (AvgIpc) is 3.21. The van der Waals surface area contributed by atoms with Crippen molar-refractivity contribution in [2.75, 3.05) is 13.1 Å². The highest BCUT2D eigenvalue weighted by Gasteiger charge is 2.25. The van der Waals surface area contributed by atoms with Crippen molar-refractivity contribution in [1.82, 2.24) is 29.3 Å². The van der Waals surface area contributed by atoms with Gasteiger partial charge in [-0.15, -0.1) is 10.2 Å². The molecule has 0 aromatic carbocycles. The van der Waals surface area contributed by atoms with E-state index < -0.39 is 0 Å². The minimum atomic E-state index is 0.0309. The van der Waals surface area contributed by atoms with Crippen LogP contribution in [0.2, 0.25) is 0 Å². The molecule has 132 valence electrons. The van der Waals surface area contributed by atoms with Crippen molar-refractivity contribution in [3.05, 3.63) is 48.2 Å². The van der Waals surface area contributed by atoms with Crippen LogP contribution < -0.4 is 0 Å². The first kappa shape index (κ1) is 16.3. The summed E-state index contributed by atoms with van der Waals surface area (Å²) in [5, 5.41) is 13.3. The molecule has 0 saturated carbocycles. The highest BCUT2D eigenvalue weighted by atomic mass is 15.3. The summed E-state index contributed by atoms with van der Waals surface area (Å²) in [4.78, 5) is 2.52. The van der Waals surface area contributed by atoms with Crippen molar-refractivity contribution in [1.29, 1.82) is 0 Å². The average molecular weight is 338 g/mol. The second-order valence-corrected chi connectivity index (χ2v) is 8.03. The van der Waals surface area contributed by atoms with Crippen LogP contribution in [0.25, 0.3) is 5.65 Å². The Kier molecular flexibility index (Phi) is 4.07. The minimum absolute atomic E-state index is 0.0309. The van der Waals surface area contributed by atoms with E-state index >= 15 is 0 Å². The molecule has 4 heterocycles. The number of fused-ring (bicyclic) bond motifs is 1. The second kappa shape index (κ2) is 6.26. The molecule has 1 aliphatic rings. The van der Waals surface area contributed by atoms with Crippen molar-refractivity contribution in [2.24, 2.45) is 0 Å². The van der Waals surface area contributed by atoms with Gasteiger partial charge in [-0.2, -0.15) is 5.10 Å². The van der Waals surface area contributed by atoms with Crippen molar-refractivity contribution in [3.8, 4) is 0 Å². The van der Waals surface area contributed by atoms with E-state index in [0.717, 1.165) is 31.1 Å². The molecule has 0 N–H and O–H groups in total. The second-order valence-electron chi connectivity index (χ2n) is 8.03. The first-order valence-electron chi connectivity index (χ1n) is 9.07. The van der Waals surface area contributed by atoms with Gasteiger partial charge in [-0.05, 0) is 52.3 Å². The van der Waals surface area contributed by atoms with E-state index in [1.165, 1.54) is 18.4 Å². The predicted molar refractivity (Wildman–Crippen MR) is 97.5 cm³/mol. The smallest absolute Gasteiger partial charge is 0.160 e. The molecular weight excluding hydrogens is 312 g/mol.